The predicted octanol–water partition coefficient (Wildman–Crippen LogP) is 5.26. The van der Waals surface area contributed by atoms with Crippen molar-refractivity contribution >= 4 is 27.7 Å². The van der Waals surface area contributed by atoms with E-state index in [2.05, 4.69) is 60.1 Å². The zero-order valence-corrected chi connectivity index (χ0v) is 13.3. The molecule has 0 aliphatic rings. The van der Waals surface area contributed by atoms with Crippen LogP contribution in [-0.4, -0.2) is 16.8 Å². The molecule has 0 fully saturated rings. The molecule has 0 spiro atoms. The molecule has 0 aromatic heterocycles. The van der Waals surface area contributed by atoms with Gasteiger partial charge in [-0.2, -0.15) is 11.8 Å². The van der Waals surface area contributed by atoms with Crippen LogP contribution in [0.2, 0.25) is 0 Å². The molecular weight excluding hydrogens is 292 g/mol. The average molecular weight is 315 g/mol. The molecule has 1 aromatic carbocycles. The summed E-state index contributed by atoms with van der Waals surface area (Å²) in [6.07, 6.45) is 3.80. The SMILES string of the molecule is CCSCCCC(CC)(CBr)c1ccccc1. The summed E-state index contributed by atoms with van der Waals surface area (Å²) in [5.74, 6) is 2.52. The van der Waals surface area contributed by atoms with Gasteiger partial charge in [0.25, 0.3) is 0 Å². The molecule has 0 N–H and O–H groups in total. The molecule has 0 aliphatic carbocycles. The lowest BCUT2D eigenvalue weighted by molar-refractivity contribution is 0.426. The van der Waals surface area contributed by atoms with E-state index in [1.807, 2.05) is 11.8 Å². The van der Waals surface area contributed by atoms with Gasteiger partial charge in [0.2, 0.25) is 0 Å². The summed E-state index contributed by atoms with van der Waals surface area (Å²) in [6.45, 7) is 4.54. The van der Waals surface area contributed by atoms with E-state index in [0.717, 1.165) is 5.33 Å². The van der Waals surface area contributed by atoms with Crippen molar-refractivity contribution in [2.24, 2.45) is 0 Å². The number of thioether (sulfide) groups is 1. The lowest BCUT2D eigenvalue weighted by Gasteiger charge is -2.31. The van der Waals surface area contributed by atoms with Gasteiger partial charge in [-0.25, -0.2) is 0 Å². The zero-order valence-electron chi connectivity index (χ0n) is 10.9. The van der Waals surface area contributed by atoms with Crippen LogP contribution < -0.4 is 0 Å². The average Bonchev–Trinajstić information content (AvgIpc) is 2.41. The van der Waals surface area contributed by atoms with Crippen molar-refractivity contribution < 1.29 is 0 Å². The molecule has 17 heavy (non-hydrogen) atoms. The second-order valence-corrected chi connectivity index (χ2v) is 6.39. The smallest absolute Gasteiger partial charge is 0.0128 e. The normalized spacial score (nSPS) is 14.5. The van der Waals surface area contributed by atoms with Crippen molar-refractivity contribution in [2.75, 3.05) is 16.8 Å². The highest BCUT2D eigenvalue weighted by Crippen LogP contribution is 2.35. The Hall–Kier alpha value is 0.0500. The third kappa shape index (κ3) is 4.33. The second kappa shape index (κ2) is 8.20. The van der Waals surface area contributed by atoms with Gasteiger partial charge in [0.15, 0.2) is 0 Å². The number of hydrogen-bond donors (Lipinski definition) is 0. The molecule has 0 saturated carbocycles. The molecule has 1 atom stereocenters. The van der Waals surface area contributed by atoms with Gasteiger partial charge in [-0.15, -0.1) is 0 Å². The molecule has 0 bridgehead atoms. The first-order valence-electron chi connectivity index (χ1n) is 6.48. The largest absolute Gasteiger partial charge is 0.162 e. The van der Waals surface area contributed by atoms with Crippen LogP contribution in [-0.2, 0) is 5.41 Å². The van der Waals surface area contributed by atoms with Crippen molar-refractivity contribution in [3.8, 4) is 0 Å². The minimum Gasteiger partial charge on any atom is -0.162 e. The predicted molar refractivity (Wildman–Crippen MR) is 84.4 cm³/mol. The van der Waals surface area contributed by atoms with E-state index in [9.17, 15) is 0 Å². The minimum atomic E-state index is 0.329. The van der Waals surface area contributed by atoms with Crippen LogP contribution in [0.15, 0.2) is 30.3 Å². The summed E-state index contributed by atoms with van der Waals surface area (Å²) in [4.78, 5) is 0. The van der Waals surface area contributed by atoms with Crippen LogP contribution in [0, 0.1) is 0 Å². The summed E-state index contributed by atoms with van der Waals surface area (Å²) in [7, 11) is 0. The third-order valence-electron chi connectivity index (χ3n) is 3.47. The Labute approximate surface area is 119 Å². The molecule has 0 aliphatic heterocycles. The molecular formula is C15H23BrS. The summed E-state index contributed by atoms with van der Waals surface area (Å²) in [5.41, 5.74) is 1.82. The molecule has 0 heterocycles. The van der Waals surface area contributed by atoms with Gasteiger partial charge in [0.05, 0.1) is 0 Å². The molecule has 0 amide bonds. The molecule has 0 nitrogen and oxygen atoms in total. The van der Waals surface area contributed by atoms with Crippen molar-refractivity contribution in [1.82, 2.24) is 0 Å². The summed E-state index contributed by atoms with van der Waals surface area (Å²) < 4.78 is 0. The van der Waals surface area contributed by atoms with E-state index in [-0.39, 0.29) is 0 Å². The maximum absolute atomic E-state index is 3.73. The van der Waals surface area contributed by atoms with Crippen LogP contribution in [0.25, 0.3) is 0 Å². The maximum Gasteiger partial charge on any atom is 0.0128 e. The van der Waals surface area contributed by atoms with Crippen LogP contribution in [0.3, 0.4) is 0 Å². The number of rotatable bonds is 8. The minimum absolute atomic E-state index is 0.329. The number of benzene rings is 1. The zero-order chi connectivity index (χ0) is 12.6. The molecule has 0 saturated heterocycles. The van der Waals surface area contributed by atoms with Crippen molar-refractivity contribution in [3.05, 3.63) is 35.9 Å². The standard InChI is InChI=1S/C15H23BrS/c1-3-15(13-16,11-8-12-17-4-2)14-9-6-5-7-10-14/h5-7,9-10H,3-4,8,11-13H2,1-2H3. The summed E-state index contributed by atoms with van der Waals surface area (Å²) in [6, 6.07) is 11.0. The lowest BCUT2D eigenvalue weighted by Crippen LogP contribution is -2.27. The highest BCUT2D eigenvalue weighted by Gasteiger charge is 2.28. The van der Waals surface area contributed by atoms with E-state index >= 15 is 0 Å². The van der Waals surface area contributed by atoms with Crippen molar-refractivity contribution in [1.29, 1.82) is 0 Å². The van der Waals surface area contributed by atoms with Crippen LogP contribution in [0.1, 0.15) is 38.7 Å². The number of hydrogen-bond acceptors (Lipinski definition) is 1. The second-order valence-electron chi connectivity index (χ2n) is 4.43. The summed E-state index contributed by atoms with van der Waals surface area (Å²) in [5, 5.41) is 1.07. The van der Waals surface area contributed by atoms with Crippen LogP contribution in [0.4, 0.5) is 0 Å². The first kappa shape index (κ1) is 15.1. The fourth-order valence-electron chi connectivity index (χ4n) is 2.21. The van der Waals surface area contributed by atoms with E-state index in [1.165, 1.54) is 36.3 Å². The third-order valence-corrected chi connectivity index (χ3v) is 5.53. The quantitative estimate of drug-likeness (QED) is 0.465. The number of alkyl halides is 1. The van der Waals surface area contributed by atoms with Gasteiger partial charge < -0.3 is 0 Å². The van der Waals surface area contributed by atoms with E-state index in [1.54, 1.807) is 0 Å². The van der Waals surface area contributed by atoms with Gasteiger partial charge in [-0.05, 0) is 36.3 Å². The van der Waals surface area contributed by atoms with Gasteiger partial charge in [-0.3, -0.25) is 0 Å². The Balaban J connectivity index is 2.68. The molecule has 1 rings (SSSR count). The van der Waals surface area contributed by atoms with Crippen molar-refractivity contribution in [3.63, 3.8) is 0 Å². The van der Waals surface area contributed by atoms with Gasteiger partial charge in [-0.1, -0.05) is 60.1 Å². The van der Waals surface area contributed by atoms with E-state index in [0.29, 0.717) is 5.41 Å². The van der Waals surface area contributed by atoms with Gasteiger partial charge in [0, 0.05) is 10.7 Å². The number of halogens is 1. The van der Waals surface area contributed by atoms with E-state index < -0.39 is 0 Å². The topological polar surface area (TPSA) is 0 Å². The monoisotopic (exact) mass is 314 g/mol. The molecule has 2 heteroatoms. The lowest BCUT2D eigenvalue weighted by atomic mass is 9.76. The first-order valence-corrected chi connectivity index (χ1v) is 8.76. The Morgan fingerprint density at radius 1 is 1.18 bits per heavy atom. The Morgan fingerprint density at radius 3 is 2.41 bits per heavy atom. The molecule has 1 unspecified atom stereocenters. The Bertz CT molecular complexity index is 293. The molecule has 1 aromatic rings. The van der Waals surface area contributed by atoms with Crippen LogP contribution in [0.5, 0.6) is 0 Å². The molecule has 0 radical (unpaired) electrons. The van der Waals surface area contributed by atoms with Gasteiger partial charge >= 0.3 is 0 Å². The van der Waals surface area contributed by atoms with Crippen LogP contribution >= 0.6 is 27.7 Å². The fraction of sp³-hybridized carbons (Fsp3) is 0.600. The Morgan fingerprint density at radius 2 is 1.88 bits per heavy atom. The molecule has 96 valence electrons. The van der Waals surface area contributed by atoms with Crippen molar-refractivity contribution in [2.45, 2.75) is 38.5 Å². The van der Waals surface area contributed by atoms with E-state index in [4.69, 9.17) is 0 Å². The Kier molecular flexibility index (Phi) is 7.29. The summed E-state index contributed by atoms with van der Waals surface area (Å²) >= 11 is 5.78. The fourth-order valence-corrected chi connectivity index (χ4v) is 3.85. The maximum atomic E-state index is 3.73. The first-order chi connectivity index (χ1) is 8.29. The van der Waals surface area contributed by atoms with Gasteiger partial charge in [0.1, 0.15) is 0 Å². The highest BCUT2D eigenvalue weighted by atomic mass is 79.9. The highest BCUT2D eigenvalue weighted by molar-refractivity contribution is 9.09.